The zero-order valence-corrected chi connectivity index (χ0v) is 24.5. The van der Waals surface area contributed by atoms with Gasteiger partial charge in [0, 0.05) is 27.2 Å². The van der Waals surface area contributed by atoms with Crippen molar-refractivity contribution in [2.24, 2.45) is 0 Å². The first-order valence-corrected chi connectivity index (χ1v) is 13.8. The van der Waals surface area contributed by atoms with Crippen LogP contribution in [0.5, 0.6) is 5.75 Å². The van der Waals surface area contributed by atoms with E-state index in [-0.39, 0.29) is 12.2 Å². The highest BCUT2D eigenvalue weighted by atomic mass is 79.9. The van der Waals surface area contributed by atoms with E-state index >= 15 is 0 Å². The Balaban J connectivity index is 1.26. The van der Waals surface area contributed by atoms with Gasteiger partial charge in [0.1, 0.15) is 24.6 Å². The first-order chi connectivity index (χ1) is 19.7. The van der Waals surface area contributed by atoms with Crippen LogP contribution in [-0.4, -0.2) is 33.9 Å². The zero-order chi connectivity index (χ0) is 29.1. The average Bonchev–Trinajstić information content (AvgIpc) is 3.38. The number of nitrogens with zero attached hydrogens (tertiary/aromatic N) is 2. The van der Waals surface area contributed by atoms with E-state index in [4.69, 9.17) is 4.74 Å². The molecule has 3 aromatic carbocycles. The van der Waals surface area contributed by atoms with Crippen molar-refractivity contribution >= 4 is 45.5 Å². The molecule has 0 bridgehead atoms. The van der Waals surface area contributed by atoms with Gasteiger partial charge < -0.3 is 19.9 Å². The molecule has 9 heteroatoms. The van der Waals surface area contributed by atoms with Gasteiger partial charge in [0.05, 0.1) is 0 Å². The molecule has 8 nitrogen and oxygen atoms in total. The van der Waals surface area contributed by atoms with Gasteiger partial charge in [-0.2, -0.15) is 0 Å². The van der Waals surface area contributed by atoms with E-state index in [1.807, 2.05) is 87.5 Å². The molecule has 0 radical (unpaired) electrons. The minimum atomic E-state index is -0.632. The van der Waals surface area contributed by atoms with Gasteiger partial charge in [0.15, 0.2) is 0 Å². The summed E-state index contributed by atoms with van der Waals surface area (Å²) in [5.41, 5.74) is 6.44. The van der Waals surface area contributed by atoms with Crippen molar-refractivity contribution in [1.29, 1.82) is 0 Å². The Bertz CT molecular complexity index is 1640. The number of nitrogens with one attached hydrogen (secondary N) is 2. The number of hydrogen-bond acceptors (Lipinski definition) is 4. The van der Waals surface area contributed by atoms with E-state index in [0.29, 0.717) is 12.3 Å². The molecule has 4 aromatic rings. The van der Waals surface area contributed by atoms with E-state index in [1.54, 1.807) is 18.2 Å². The quantitative estimate of drug-likeness (QED) is 0.181. The maximum atomic E-state index is 13.0. The monoisotopic (exact) mass is 612 g/mol. The fourth-order valence-corrected chi connectivity index (χ4v) is 4.89. The third kappa shape index (κ3) is 6.41. The van der Waals surface area contributed by atoms with Crippen molar-refractivity contribution in [3.63, 3.8) is 0 Å². The van der Waals surface area contributed by atoms with Crippen molar-refractivity contribution in [3.8, 4) is 11.4 Å². The summed E-state index contributed by atoms with van der Waals surface area (Å²) in [6, 6.07) is 24.4. The van der Waals surface area contributed by atoms with Crippen molar-refractivity contribution in [2.75, 3.05) is 11.9 Å². The fourth-order valence-electron chi connectivity index (χ4n) is 4.62. The Morgan fingerprint density at radius 2 is 1.63 bits per heavy atom. The number of carbonyl (C=O) groups excluding carboxylic acids is 3. The Morgan fingerprint density at radius 1 is 0.951 bits per heavy atom. The summed E-state index contributed by atoms with van der Waals surface area (Å²) < 4.78 is 9.02. The lowest BCUT2D eigenvalue weighted by Crippen LogP contribution is -2.38. The molecule has 1 aliphatic heterocycles. The summed E-state index contributed by atoms with van der Waals surface area (Å²) in [7, 11) is 0. The van der Waals surface area contributed by atoms with E-state index in [1.165, 1.54) is 0 Å². The van der Waals surface area contributed by atoms with Gasteiger partial charge in [0.2, 0.25) is 5.91 Å². The van der Waals surface area contributed by atoms with Crippen LogP contribution in [0.2, 0.25) is 0 Å². The Kier molecular flexibility index (Phi) is 8.07. The number of amides is 4. The highest BCUT2D eigenvalue weighted by Crippen LogP contribution is 2.26. The number of urea groups is 1. The van der Waals surface area contributed by atoms with E-state index < -0.39 is 17.8 Å². The Hall–Kier alpha value is -4.63. The van der Waals surface area contributed by atoms with Crippen LogP contribution in [0, 0.1) is 20.8 Å². The second-order valence-corrected chi connectivity index (χ2v) is 10.8. The van der Waals surface area contributed by atoms with Crippen LogP contribution in [0.3, 0.4) is 0 Å². The predicted molar refractivity (Wildman–Crippen MR) is 162 cm³/mol. The maximum Gasteiger partial charge on any atom is 0.329 e. The summed E-state index contributed by atoms with van der Waals surface area (Å²) in [5.74, 6) is -0.251. The number of rotatable bonds is 8. The first-order valence-electron chi connectivity index (χ1n) is 13.1. The maximum absolute atomic E-state index is 13.0. The molecule has 4 amide bonds. The van der Waals surface area contributed by atoms with Crippen LogP contribution in [0.25, 0.3) is 11.8 Å². The summed E-state index contributed by atoms with van der Waals surface area (Å²) in [6.45, 7) is 5.96. The molecule has 1 saturated heterocycles. The zero-order valence-electron chi connectivity index (χ0n) is 22.9. The van der Waals surface area contributed by atoms with E-state index in [0.717, 1.165) is 48.9 Å². The summed E-state index contributed by atoms with van der Waals surface area (Å²) in [6.07, 6.45) is 1.65. The van der Waals surface area contributed by atoms with Crippen molar-refractivity contribution in [3.05, 3.63) is 117 Å². The van der Waals surface area contributed by atoms with Gasteiger partial charge >= 0.3 is 6.03 Å². The van der Waals surface area contributed by atoms with Gasteiger partial charge in [-0.1, -0.05) is 45.8 Å². The van der Waals surface area contributed by atoms with Gasteiger partial charge in [-0.05, 0) is 92.6 Å². The molecule has 41 heavy (non-hydrogen) atoms. The van der Waals surface area contributed by atoms with Crippen molar-refractivity contribution < 1.29 is 19.1 Å². The molecule has 1 aromatic heterocycles. The standard InChI is InChI=1S/C32H29BrN4O4/c1-20-4-10-26(11-5-20)34-30(38)18-36-31(39)29(35-32(36)40)17-24-16-21(2)37(22(24)3)27-12-14-28(15-13-27)41-19-23-6-8-25(33)9-7-23/h4-17H,18-19H2,1-3H3,(H,34,38)(H,35,40)/b29-17+. The van der Waals surface area contributed by atoms with Gasteiger partial charge in [-0.15, -0.1) is 0 Å². The second-order valence-electron chi connectivity index (χ2n) is 9.86. The summed E-state index contributed by atoms with van der Waals surface area (Å²) >= 11 is 3.44. The normalized spacial score (nSPS) is 14.0. The molecule has 1 aliphatic rings. The molecule has 5 rings (SSSR count). The van der Waals surface area contributed by atoms with Crippen LogP contribution >= 0.6 is 15.9 Å². The Labute approximate surface area is 246 Å². The van der Waals surface area contributed by atoms with Crippen molar-refractivity contribution in [2.45, 2.75) is 27.4 Å². The molecule has 0 atom stereocenters. The number of imide groups is 1. The van der Waals surface area contributed by atoms with Gasteiger partial charge in [0.25, 0.3) is 5.91 Å². The number of halogens is 1. The molecule has 0 saturated carbocycles. The lowest BCUT2D eigenvalue weighted by atomic mass is 10.2. The number of aromatic nitrogens is 1. The first kappa shape index (κ1) is 27.9. The molecule has 0 aliphatic carbocycles. The number of aryl methyl sites for hydroxylation is 2. The molecule has 2 N–H and O–H groups in total. The van der Waals surface area contributed by atoms with Crippen LogP contribution in [-0.2, 0) is 16.2 Å². The number of ether oxygens (including phenoxy) is 1. The van der Waals surface area contributed by atoms with Crippen LogP contribution < -0.4 is 15.4 Å². The molecule has 0 spiro atoms. The van der Waals surface area contributed by atoms with Crippen LogP contribution in [0.1, 0.15) is 28.1 Å². The van der Waals surface area contributed by atoms with Crippen molar-refractivity contribution in [1.82, 2.24) is 14.8 Å². The molecule has 0 unspecified atom stereocenters. The molecular formula is C32H29BrN4O4. The lowest BCUT2D eigenvalue weighted by Gasteiger charge is -2.12. The number of carbonyl (C=O) groups is 3. The smallest absolute Gasteiger partial charge is 0.329 e. The summed E-state index contributed by atoms with van der Waals surface area (Å²) in [5, 5.41) is 5.32. The fraction of sp³-hybridized carbons (Fsp3) is 0.156. The van der Waals surface area contributed by atoms with Crippen LogP contribution in [0.4, 0.5) is 10.5 Å². The number of anilines is 1. The van der Waals surface area contributed by atoms with E-state index in [9.17, 15) is 14.4 Å². The second kappa shape index (κ2) is 11.9. The highest BCUT2D eigenvalue weighted by molar-refractivity contribution is 9.10. The third-order valence-corrected chi connectivity index (χ3v) is 7.31. The molecule has 1 fully saturated rings. The highest BCUT2D eigenvalue weighted by Gasteiger charge is 2.35. The van der Waals surface area contributed by atoms with E-state index in [2.05, 4.69) is 31.1 Å². The number of benzene rings is 3. The molecular weight excluding hydrogens is 584 g/mol. The third-order valence-electron chi connectivity index (χ3n) is 6.78. The average molecular weight is 614 g/mol. The molecule has 208 valence electrons. The minimum Gasteiger partial charge on any atom is -0.489 e. The largest absolute Gasteiger partial charge is 0.489 e. The summed E-state index contributed by atoms with van der Waals surface area (Å²) in [4.78, 5) is 39.0. The van der Waals surface area contributed by atoms with Gasteiger partial charge in [-0.25, -0.2) is 9.69 Å². The Morgan fingerprint density at radius 3 is 2.32 bits per heavy atom. The molecule has 2 heterocycles. The SMILES string of the molecule is Cc1ccc(NC(=O)CN2C(=O)N/C(=C/c3cc(C)n(-c4ccc(OCc5ccc(Br)cc5)cc4)c3C)C2=O)cc1. The lowest BCUT2D eigenvalue weighted by molar-refractivity contribution is -0.127. The number of hydrogen-bond donors (Lipinski definition) is 2. The minimum absolute atomic E-state index is 0.120. The predicted octanol–water partition coefficient (Wildman–Crippen LogP) is 6.28. The van der Waals surface area contributed by atoms with Crippen LogP contribution in [0.15, 0.2) is 89.0 Å². The van der Waals surface area contributed by atoms with Gasteiger partial charge in [-0.3, -0.25) is 9.59 Å². The topological polar surface area (TPSA) is 92.7 Å².